The molecule has 1 N–H and O–H groups in total. The molecule has 8 heteroatoms. The lowest BCUT2D eigenvalue weighted by molar-refractivity contribution is -0.138. The highest BCUT2D eigenvalue weighted by Crippen LogP contribution is 2.33. The SMILES string of the molecule is Cc1nn(-c2ccc(C(F)(F)F)c(C(=O)O)c2)c(C)c1Cl. The molecule has 2 rings (SSSR count). The van der Waals surface area contributed by atoms with Crippen LogP contribution in [0.3, 0.4) is 0 Å². The average molecular weight is 319 g/mol. The number of carboxylic acid groups (broad SMARTS) is 1. The second kappa shape index (κ2) is 5.07. The number of alkyl halides is 3. The summed E-state index contributed by atoms with van der Waals surface area (Å²) in [5, 5.41) is 13.4. The second-order valence-electron chi connectivity index (χ2n) is 4.43. The smallest absolute Gasteiger partial charge is 0.417 e. The standard InChI is InChI=1S/C13H10ClF3N2O2/c1-6-11(14)7(2)19(18-6)8-3-4-10(13(15,16)17)9(5-8)12(20)21/h3-5H,1-2H3,(H,20,21). The van der Waals surface area contributed by atoms with Crippen LogP contribution in [-0.4, -0.2) is 20.9 Å². The summed E-state index contributed by atoms with van der Waals surface area (Å²) in [6.45, 7) is 3.29. The van der Waals surface area contributed by atoms with E-state index in [2.05, 4.69) is 5.10 Å². The van der Waals surface area contributed by atoms with Crippen LogP contribution in [0.25, 0.3) is 5.69 Å². The third-order valence-electron chi connectivity index (χ3n) is 2.99. The fourth-order valence-electron chi connectivity index (χ4n) is 1.96. The van der Waals surface area contributed by atoms with Crippen LogP contribution >= 0.6 is 11.6 Å². The van der Waals surface area contributed by atoms with Crippen molar-refractivity contribution in [2.75, 3.05) is 0 Å². The van der Waals surface area contributed by atoms with Gasteiger partial charge in [-0.15, -0.1) is 0 Å². The molecule has 0 saturated carbocycles. The number of halogens is 4. The minimum atomic E-state index is -4.74. The van der Waals surface area contributed by atoms with Gasteiger partial charge in [-0.1, -0.05) is 11.6 Å². The molecule has 0 amide bonds. The molecule has 1 aromatic heterocycles. The zero-order valence-corrected chi connectivity index (χ0v) is 11.7. The highest BCUT2D eigenvalue weighted by molar-refractivity contribution is 6.31. The molecule has 1 heterocycles. The zero-order valence-electron chi connectivity index (χ0n) is 11.0. The third-order valence-corrected chi connectivity index (χ3v) is 3.53. The molecule has 0 spiro atoms. The van der Waals surface area contributed by atoms with Gasteiger partial charge in [-0.25, -0.2) is 9.48 Å². The summed E-state index contributed by atoms with van der Waals surface area (Å²) in [6.07, 6.45) is -4.74. The fraction of sp³-hybridized carbons (Fsp3) is 0.231. The van der Waals surface area contributed by atoms with E-state index in [4.69, 9.17) is 16.7 Å². The first-order valence-corrected chi connectivity index (χ1v) is 6.17. The van der Waals surface area contributed by atoms with Crippen molar-refractivity contribution >= 4 is 17.6 Å². The Morgan fingerprint density at radius 3 is 2.38 bits per heavy atom. The lowest BCUT2D eigenvalue weighted by Gasteiger charge is -2.12. The Hall–Kier alpha value is -2.02. The zero-order chi connectivity index (χ0) is 15.9. The van der Waals surface area contributed by atoms with E-state index in [1.807, 2.05) is 0 Å². The number of benzene rings is 1. The number of aromatic nitrogens is 2. The predicted octanol–water partition coefficient (Wildman–Crippen LogP) is 3.86. The maximum absolute atomic E-state index is 12.8. The van der Waals surface area contributed by atoms with E-state index in [0.29, 0.717) is 16.4 Å². The molecule has 0 saturated heterocycles. The minimum absolute atomic E-state index is 0.202. The van der Waals surface area contributed by atoms with Gasteiger partial charge < -0.3 is 5.11 Å². The summed E-state index contributed by atoms with van der Waals surface area (Å²) in [6, 6.07) is 2.81. The lowest BCUT2D eigenvalue weighted by Crippen LogP contribution is -2.14. The molecule has 112 valence electrons. The largest absolute Gasteiger partial charge is 0.478 e. The molecule has 0 radical (unpaired) electrons. The molecule has 1 aromatic carbocycles. The van der Waals surface area contributed by atoms with Crippen LogP contribution in [-0.2, 0) is 6.18 Å². The number of rotatable bonds is 2. The average Bonchev–Trinajstić information content (AvgIpc) is 2.64. The number of aromatic carboxylic acids is 1. The normalized spacial score (nSPS) is 11.7. The van der Waals surface area contributed by atoms with E-state index >= 15 is 0 Å². The Kier molecular flexibility index (Phi) is 3.71. The number of hydrogen-bond acceptors (Lipinski definition) is 2. The van der Waals surface area contributed by atoms with Gasteiger partial charge in [0, 0.05) is 0 Å². The number of carbonyl (C=O) groups is 1. The van der Waals surface area contributed by atoms with Gasteiger partial charge in [0.15, 0.2) is 0 Å². The summed E-state index contributed by atoms with van der Waals surface area (Å²) >= 11 is 5.97. The monoisotopic (exact) mass is 318 g/mol. The predicted molar refractivity (Wildman–Crippen MR) is 70.0 cm³/mol. The number of hydrogen-bond donors (Lipinski definition) is 1. The molecule has 2 aromatic rings. The first-order chi connectivity index (χ1) is 9.62. The lowest BCUT2D eigenvalue weighted by atomic mass is 10.1. The van der Waals surface area contributed by atoms with E-state index in [1.165, 1.54) is 4.68 Å². The highest BCUT2D eigenvalue weighted by Gasteiger charge is 2.35. The summed E-state index contributed by atoms with van der Waals surface area (Å²) in [4.78, 5) is 11.1. The van der Waals surface area contributed by atoms with Crippen LogP contribution in [0.1, 0.15) is 27.3 Å². The Balaban J connectivity index is 2.65. The highest BCUT2D eigenvalue weighted by atomic mass is 35.5. The first-order valence-electron chi connectivity index (χ1n) is 5.79. The van der Waals surface area contributed by atoms with Gasteiger partial charge in [0.2, 0.25) is 0 Å². The van der Waals surface area contributed by atoms with Crippen molar-refractivity contribution in [3.63, 3.8) is 0 Å². The molecular weight excluding hydrogens is 309 g/mol. The van der Waals surface area contributed by atoms with Gasteiger partial charge in [-0.2, -0.15) is 18.3 Å². The molecule has 0 unspecified atom stereocenters. The summed E-state index contributed by atoms with van der Waals surface area (Å²) in [5.41, 5.74) is -0.806. The minimum Gasteiger partial charge on any atom is -0.478 e. The fourth-order valence-corrected chi connectivity index (χ4v) is 2.08. The molecule has 4 nitrogen and oxygen atoms in total. The van der Waals surface area contributed by atoms with Crippen molar-refractivity contribution in [3.05, 3.63) is 45.7 Å². The van der Waals surface area contributed by atoms with Gasteiger partial charge in [0.1, 0.15) is 0 Å². The van der Waals surface area contributed by atoms with Gasteiger partial charge in [-0.3, -0.25) is 0 Å². The molecule has 21 heavy (non-hydrogen) atoms. The number of aryl methyl sites for hydroxylation is 1. The Bertz CT molecular complexity index is 723. The topological polar surface area (TPSA) is 55.1 Å². The summed E-state index contributed by atoms with van der Waals surface area (Å²) in [7, 11) is 0. The van der Waals surface area contributed by atoms with Crippen LogP contribution < -0.4 is 0 Å². The van der Waals surface area contributed by atoms with E-state index in [-0.39, 0.29) is 5.69 Å². The van der Waals surface area contributed by atoms with Crippen molar-refractivity contribution in [3.8, 4) is 5.69 Å². The maximum atomic E-state index is 12.8. The van der Waals surface area contributed by atoms with E-state index in [0.717, 1.165) is 18.2 Å². The van der Waals surface area contributed by atoms with Gasteiger partial charge in [0.05, 0.1) is 33.2 Å². The van der Waals surface area contributed by atoms with Crippen molar-refractivity contribution in [1.29, 1.82) is 0 Å². The van der Waals surface area contributed by atoms with Gasteiger partial charge in [0.25, 0.3) is 0 Å². The maximum Gasteiger partial charge on any atom is 0.417 e. The first kappa shape index (κ1) is 15.4. The number of carboxylic acids is 1. The summed E-state index contributed by atoms with van der Waals surface area (Å²) in [5.74, 6) is -1.66. The molecule has 0 aliphatic carbocycles. The molecule has 0 aliphatic heterocycles. The van der Waals surface area contributed by atoms with E-state index in [1.54, 1.807) is 13.8 Å². The molecule has 0 fully saturated rings. The van der Waals surface area contributed by atoms with Crippen LogP contribution in [0.2, 0.25) is 5.02 Å². The van der Waals surface area contributed by atoms with Gasteiger partial charge in [-0.05, 0) is 32.0 Å². The van der Waals surface area contributed by atoms with Crippen LogP contribution in [0.15, 0.2) is 18.2 Å². The molecule has 0 bridgehead atoms. The van der Waals surface area contributed by atoms with E-state index in [9.17, 15) is 18.0 Å². The summed E-state index contributed by atoms with van der Waals surface area (Å²) < 4.78 is 39.7. The Labute approximate surface area is 122 Å². The quantitative estimate of drug-likeness (QED) is 0.914. The Morgan fingerprint density at radius 2 is 1.95 bits per heavy atom. The van der Waals surface area contributed by atoms with Crippen molar-refractivity contribution in [2.24, 2.45) is 0 Å². The number of nitrogens with zero attached hydrogens (tertiary/aromatic N) is 2. The van der Waals surface area contributed by atoms with Crippen molar-refractivity contribution < 1.29 is 23.1 Å². The van der Waals surface area contributed by atoms with E-state index < -0.39 is 23.3 Å². The Morgan fingerprint density at radius 1 is 1.33 bits per heavy atom. The molecule has 0 aliphatic rings. The van der Waals surface area contributed by atoms with Gasteiger partial charge >= 0.3 is 12.1 Å². The molecule has 0 atom stereocenters. The second-order valence-corrected chi connectivity index (χ2v) is 4.81. The van der Waals surface area contributed by atoms with Crippen LogP contribution in [0.5, 0.6) is 0 Å². The van der Waals surface area contributed by atoms with Crippen molar-refractivity contribution in [1.82, 2.24) is 9.78 Å². The molecular formula is C13H10ClF3N2O2. The third kappa shape index (κ3) is 2.73. The van der Waals surface area contributed by atoms with Crippen molar-refractivity contribution in [2.45, 2.75) is 20.0 Å². The van der Waals surface area contributed by atoms with Crippen LogP contribution in [0, 0.1) is 13.8 Å². The van der Waals surface area contributed by atoms with Crippen LogP contribution in [0.4, 0.5) is 13.2 Å².